The molecule has 52 heavy (non-hydrogen) atoms. The number of hydrogen-bond acceptors (Lipinski definition) is 5. The van der Waals surface area contributed by atoms with Gasteiger partial charge >= 0.3 is 0 Å². The molecule has 0 aliphatic heterocycles. The first-order chi connectivity index (χ1) is 25.7. The van der Waals surface area contributed by atoms with Crippen molar-refractivity contribution in [3.05, 3.63) is 164 Å². The van der Waals surface area contributed by atoms with Crippen molar-refractivity contribution in [2.75, 3.05) is 0 Å². The van der Waals surface area contributed by atoms with Crippen molar-refractivity contribution in [2.45, 2.75) is 12.3 Å². The fourth-order valence-electron chi connectivity index (χ4n) is 7.83. The molecule has 0 radical (unpaired) electrons. The molecule has 0 amide bonds. The van der Waals surface area contributed by atoms with E-state index in [4.69, 9.17) is 23.8 Å². The maximum atomic E-state index is 6.53. The lowest BCUT2D eigenvalue weighted by Gasteiger charge is -2.15. The zero-order valence-electron chi connectivity index (χ0n) is 28.0. The Kier molecular flexibility index (Phi) is 6.31. The smallest absolute Gasteiger partial charge is 0.164 e. The van der Waals surface area contributed by atoms with Crippen LogP contribution in [0.4, 0.5) is 0 Å². The van der Waals surface area contributed by atoms with E-state index >= 15 is 0 Å². The number of aromatic nitrogens is 3. The summed E-state index contributed by atoms with van der Waals surface area (Å²) in [6, 6.07) is 46.5. The van der Waals surface area contributed by atoms with Gasteiger partial charge in [-0.15, -0.1) is 0 Å². The number of fused-ring (bicyclic) bond motifs is 9. The largest absolute Gasteiger partial charge is 0.456 e. The Morgan fingerprint density at radius 2 is 1.17 bits per heavy atom. The summed E-state index contributed by atoms with van der Waals surface area (Å²) in [4.78, 5) is 15.4. The number of benzene rings is 7. The van der Waals surface area contributed by atoms with E-state index in [9.17, 15) is 0 Å². The maximum Gasteiger partial charge on any atom is 0.164 e. The summed E-state index contributed by atoms with van der Waals surface area (Å²) in [6.45, 7) is 0. The van der Waals surface area contributed by atoms with Gasteiger partial charge in [0, 0.05) is 38.6 Å². The van der Waals surface area contributed by atoms with Gasteiger partial charge in [0.05, 0.1) is 0 Å². The van der Waals surface area contributed by atoms with Crippen LogP contribution >= 0.6 is 0 Å². The molecule has 0 fully saturated rings. The van der Waals surface area contributed by atoms with Gasteiger partial charge in [0.2, 0.25) is 0 Å². The second-order valence-corrected chi connectivity index (χ2v) is 13.5. The first-order valence-electron chi connectivity index (χ1n) is 17.6. The topological polar surface area (TPSA) is 65.0 Å². The molecule has 3 heterocycles. The molecular weight excluding hydrogens is 639 g/mol. The van der Waals surface area contributed by atoms with Crippen LogP contribution in [0.1, 0.15) is 18.2 Å². The molecule has 1 unspecified atom stereocenters. The molecule has 1 aliphatic rings. The summed E-state index contributed by atoms with van der Waals surface area (Å²) < 4.78 is 12.7. The van der Waals surface area contributed by atoms with Crippen molar-refractivity contribution in [3.8, 4) is 33.9 Å². The average Bonchev–Trinajstić information content (AvgIpc) is 3.79. The molecule has 0 N–H and O–H groups in total. The lowest BCUT2D eigenvalue weighted by Crippen LogP contribution is -2.08. The number of hydrogen-bond donors (Lipinski definition) is 0. The average molecular weight is 668 g/mol. The van der Waals surface area contributed by atoms with E-state index in [0.29, 0.717) is 11.6 Å². The lowest BCUT2D eigenvalue weighted by molar-refractivity contribution is 0.669. The van der Waals surface area contributed by atoms with Crippen LogP contribution in [0.5, 0.6) is 0 Å². The highest BCUT2D eigenvalue weighted by Gasteiger charge is 2.21. The van der Waals surface area contributed by atoms with Gasteiger partial charge < -0.3 is 8.83 Å². The quantitative estimate of drug-likeness (QED) is 0.187. The van der Waals surface area contributed by atoms with Gasteiger partial charge in [-0.3, -0.25) is 0 Å². The van der Waals surface area contributed by atoms with Gasteiger partial charge in [0.15, 0.2) is 11.6 Å². The van der Waals surface area contributed by atoms with Gasteiger partial charge in [0.25, 0.3) is 0 Å². The predicted molar refractivity (Wildman–Crippen MR) is 211 cm³/mol. The zero-order chi connectivity index (χ0) is 34.2. The Morgan fingerprint density at radius 1 is 0.462 bits per heavy atom. The van der Waals surface area contributed by atoms with Crippen molar-refractivity contribution in [3.63, 3.8) is 0 Å². The molecule has 0 spiro atoms. The van der Waals surface area contributed by atoms with Gasteiger partial charge in [-0.1, -0.05) is 115 Å². The Balaban J connectivity index is 1.07. The van der Waals surface area contributed by atoms with Crippen molar-refractivity contribution in [2.24, 2.45) is 0 Å². The standard InChI is InChI=1S/C47H29N3O2/c1-2-10-29(11-3-1)45-48-46(34-20-22-35-33(26-34)21-24-41-43(35)36-13-6-7-15-39(36)51-41)50-47(49-45)38-14-8-16-40-44(38)37-23-19-32(27-42(37)52-40)31-18-17-28-9-4-5-12-30(28)25-31/h1-10,12-27,29H,11H2. The molecule has 5 nitrogen and oxygen atoms in total. The summed E-state index contributed by atoms with van der Waals surface area (Å²) in [5.74, 6) is 2.07. The molecule has 244 valence electrons. The highest BCUT2D eigenvalue weighted by molar-refractivity contribution is 6.19. The van der Waals surface area contributed by atoms with E-state index in [1.807, 2.05) is 24.3 Å². The number of nitrogens with zero attached hydrogens (tertiary/aromatic N) is 3. The predicted octanol–water partition coefficient (Wildman–Crippen LogP) is 12.6. The molecule has 5 heteroatoms. The zero-order valence-corrected chi connectivity index (χ0v) is 28.0. The molecule has 10 aromatic rings. The first-order valence-corrected chi connectivity index (χ1v) is 17.6. The second-order valence-electron chi connectivity index (χ2n) is 13.5. The van der Waals surface area contributed by atoms with Crippen LogP contribution in [0.2, 0.25) is 0 Å². The molecule has 3 aromatic heterocycles. The normalized spacial score (nSPS) is 14.5. The maximum absolute atomic E-state index is 6.53. The molecule has 1 atom stereocenters. The fourth-order valence-corrected chi connectivity index (χ4v) is 7.83. The van der Waals surface area contributed by atoms with Gasteiger partial charge in [0.1, 0.15) is 28.2 Å². The fraction of sp³-hybridized carbons (Fsp3) is 0.0426. The summed E-state index contributed by atoms with van der Waals surface area (Å²) in [7, 11) is 0. The van der Waals surface area contributed by atoms with Crippen molar-refractivity contribution in [1.29, 1.82) is 0 Å². The first kappa shape index (κ1) is 28.9. The third kappa shape index (κ3) is 4.60. The summed E-state index contributed by atoms with van der Waals surface area (Å²) in [6.07, 6.45) is 9.33. The van der Waals surface area contributed by atoms with Crippen LogP contribution in [0.25, 0.3) is 99.3 Å². The van der Waals surface area contributed by atoms with Crippen LogP contribution in [0.3, 0.4) is 0 Å². The van der Waals surface area contributed by atoms with Crippen LogP contribution in [-0.2, 0) is 0 Å². The summed E-state index contributed by atoms with van der Waals surface area (Å²) in [5.41, 5.74) is 7.52. The Bertz CT molecular complexity index is 3130. The minimum atomic E-state index is 0.0488. The summed E-state index contributed by atoms with van der Waals surface area (Å²) in [5, 5.41) is 8.94. The molecule has 1 aliphatic carbocycles. The van der Waals surface area contributed by atoms with Gasteiger partial charge in [-0.2, -0.15) is 0 Å². The SMILES string of the molecule is C1=CCC(c2nc(-c3ccc4c(ccc5oc6ccccc6c54)c3)nc(-c3cccc4oc5cc(-c6ccc7ccccc7c6)ccc5c34)n2)C=C1. The highest BCUT2D eigenvalue weighted by atomic mass is 16.3. The number of rotatable bonds is 4. The summed E-state index contributed by atoms with van der Waals surface area (Å²) >= 11 is 0. The third-order valence-electron chi connectivity index (χ3n) is 10.4. The van der Waals surface area contributed by atoms with Crippen molar-refractivity contribution < 1.29 is 8.83 Å². The van der Waals surface area contributed by atoms with E-state index in [-0.39, 0.29) is 5.92 Å². The minimum absolute atomic E-state index is 0.0488. The Labute approximate surface area is 298 Å². The van der Waals surface area contributed by atoms with E-state index < -0.39 is 0 Å². The van der Waals surface area contributed by atoms with Crippen LogP contribution in [0.15, 0.2) is 167 Å². The molecule has 0 bridgehead atoms. The van der Waals surface area contributed by atoms with Gasteiger partial charge in [-0.05, 0) is 81.6 Å². The van der Waals surface area contributed by atoms with E-state index in [1.54, 1.807) is 0 Å². The molecule has 0 saturated carbocycles. The van der Waals surface area contributed by atoms with Gasteiger partial charge in [-0.25, -0.2) is 15.0 Å². The number of furan rings is 2. The van der Waals surface area contributed by atoms with Crippen molar-refractivity contribution >= 4 is 65.4 Å². The Hall–Kier alpha value is -6.85. The van der Waals surface area contributed by atoms with Crippen LogP contribution in [-0.4, -0.2) is 15.0 Å². The second kappa shape index (κ2) is 11.3. The van der Waals surface area contributed by atoms with Crippen LogP contribution < -0.4 is 0 Å². The van der Waals surface area contributed by atoms with Crippen molar-refractivity contribution in [1.82, 2.24) is 15.0 Å². The monoisotopic (exact) mass is 667 g/mol. The number of para-hydroxylation sites is 1. The van der Waals surface area contributed by atoms with Crippen LogP contribution in [0, 0.1) is 0 Å². The van der Waals surface area contributed by atoms with E-state index in [0.717, 1.165) is 89.1 Å². The van der Waals surface area contributed by atoms with E-state index in [2.05, 4.69) is 133 Å². The minimum Gasteiger partial charge on any atom is -0.456 e. The van der Waals surface area contributed by atoms with E-state index in [1.165, 1.54) is 10.8 Å². The Morgan fingerprint density at radius 3 is 2.12 bits per heavy atom. The molecular formula is C47H29N3O2. The molecule has 7 aromatic carbocycles. The third-order valence-corrected chi connectivity index (χ3v) is 10.4. The molecule has 0 saturated heterocycles. The molecule has 11 rings (SSSR count). The lowest BCUT2D eigenvalue weighted by atomic mass is 9.98. The number of allylic oxidation sites excluding steroid dienone is 4. The highest BCUT2D eigenvalue weighted by Crippen LogP contribution is 2.40.